The number of anilines is 1. The van der Waals surface area contributed by atoms with E-state index < -0.39 is 71.9 Å². The Hall–Kier alpha value is -4.73. The highest BCUT2D eigenvalue weighted by molar-refractivity contribution is 6.32. The third-order valence-corrected chi connectivity index (χ3v) is 6.77. The summed E-state index contributed by atoms with van der Waals surface area (Å²) in [6.45, 7) is 4.38. The molecule has 0 fully saturated rings. The van der Waals surface area contributed by atoms with Gasteiger partial charge in [-0.05, 0) is 37.1 Å². The van der Waals surface area contributed by atoms with E-state index in [2.05, 4.69) is 0 Å². The number of hydrogen-bond acceptors (Lipinski definition) is 9. The van der Waals surface area contributed by atoms with Crippen LogP contribution in [0, 0.1) is 30.3 Å². The predicted molar refractivity (Wildman–Crippen MR) is 146 cm³/mol. The second-order valence-corrected chi connectivity index (χ2v) is 9.72. The molecule has 0 amide bonds. The van der Waals surface area contributed by atoms with Crippen LogP contribution in [0.1, 0.15) is 37.8 Å². The maximum Gasteiger partial charge on any atom is 0.418 e. The van der Waals surface area contributed by atoms with Gasteiger partial charge in [-0.25, -0.2) is 4.79 Å². The van der Waals surface area contributed by atoms with Crippen molar-refractivity contribution in [3.8, 4) is 5.75 Å². The average Bonchev–Trinajstić information content (AvgIpc) is 2.92. The molecule has 2 aromatic carbocycles. The Kier molecular flexibility index (Phi) is 9.64. The van der Waals surface area contributed by atoms with Crippen molar-refractivity contribution in [2.75, 3.05) is 18.0 Å². The summed E-state index contributed by atoms with van der Waals surface area (Å²) in [6, 6.07) is 4.39. The van der Waals surface area contributed by atoms with Crippen LogP contribution < -0.4 is 9.64 Å². The largest absolute Gasteiger partial charge is 0.478 e. The number of nitro groups is 3. The number of rotatable bonds is 12. The van der Waals surface area contributed by atoms with Crippen molar-refractivity contribution in [2.45, 2.75) is 44.6 Å². The zero-order valence-corrected chi connectivity index (χ0v) is 23.3. The fourth-order valence-electron chi connectivity index (χ4n) is 4.79. The second kappa shape index (κ2) is 12.6. The smallest absolute Gasteiger partial charge is 0.418 e. The number of carboxylic acid groups (broad SMARTS) is 1. The van der Waals surface area contributed by atoms with Crippen LogP contribution in [0.25, 0.3) is 5.57 Å². The number of carboxylic acids is 1. The molecule has 0 spiro atoms. The first-order chi connectivity index (χ1) is 20.1. The summed E-state index contributed by atoms with van der Waals surface area (Å²) in [5.74, 6) is -2.87. The predicted octanol–water partition coefficient (Wildman–Crippen LogP) is 5.69. The molecule has 0 bridgehead atoms. The van der Waals surface area contributed by atoms with Gasteiger partial charge in [0.05, 0.1) is 26.5 Å². The molecule has 2 unspecified atom stereocenters. The first kappa shape index (κ1) is 32.8. The minimum absolute atomic E-state index is 0.183. The summed E-state index contributed by atoms with van der Waals surface area (Å²) in [4.78, 5) is 47.6. The number of benzene rings is 2. The topological polar surface area (TPSA) is 179 Å². The van der Waals surface area contributed by atoms with Crippen LogP contribution in [0.2, 0.25) is 5.02 Å². The minimum atomic E-state index is -4.87. The number of hydrogen-bond donors (Lipinski definition) is 1. The lowest BCUT2D eigenvalue weighted by atomic mass is 9.81. The zero-order chi connectivity index (χ0) is 32.3. The highest BCUT2D eigenvalue weighted by atomic mass is 35.5. The molecule has 0 heterocycles. The molecule has 0 aromatic heterocycles. The summed E-state index contributed by atoms with van der Waals surface area (Å²) in [5.41, 5.74) is -8.52. The van der Waals surface area contributed by atoms with Crippen LogP contribution in [0.3, 0.4) is 0 Å². The lowest BCUT2D eigenvalue weighted by Gasteiger charge is -2.32. The summed E-state index contributed by atoms with van der Waals surface area (Å²) in [7, 11) is 0. The van der Waals surface area contributed by atoms with Gasteiger partial charge < -0.3 is 14.7 Å². The summed E-state index contributed by atoms with van der Waals surface area (Å²) < 4.78 is 45.3. The van der Waals surface area contributed by atoms with Crippen molar-refractivity contribution in [1.29, 1.82) is 0 Å². The van der Waals surface area contributed by atoms with Gasteiger partial charge in [0.2, 0.25) is 0 Å². The molecular formula is C26H24ClF3N4O9. The average molecular weight is 629 g/mol. The molecule has 2 aromatic rings. The van der Waals surface area contributed by atoms with Crippen molar-refractivity contribution < 1.29 is 42.6 Å². The Labute approximate surface area is 246 Å². The molecule has 43 heavy (non-hydrogen) atoms. The van der Waals surface area contributed by atoms with E-state index in [4.69, 9.17) is 16.3 Å². The van der Waals surface area contributed by atoms with E-state index in [-0.39, 0.29) is 17.3 Å². The number of halogens is 4. The standard InChI is InChI=1S/C26H24ClF3N4O9/c1-3-11-31(12-4-2)19-8-6-5-7-16(19)21-23(33(39)40)22(32(37)38)17(24(35)36)14-25(21,34(41)42)43-20-10-9-15(13-18(20)27)26(28,29)30/h5-10,13-14,22H,3-4,11-12H2,1-2H3,(H,35,36). The molecule has 17 heteroatoms. The van der Waals surface area contributed by atoms with Gasteiger partial charge >= 0.3 is 29.6 Å². The van der Waals surface area contributed by atoms with Gasteiger partial charge in [-0.2, -0.15) is 13.2 Å². The number of para-hydroxylation sites is 1. The van der Waals surface area contributed by atoms with E-state index in [1.807, 2.05) is 13.8 Å². The van der Waals surface area contributed by atoms with Crippen molar-refractivity contribution in [2.24, 2.45) is 0 Å². The molecule has 1 aliphatic rings. The Balaban J connectivity index is 2.52. The van der Waals surface area contributed by atoms with Gasteiger partial charge in [0.1, 0.15) is 11.3 Å². The van der Waals surface area contributed by atoms with Crippen LogP contribution >= 0.6 is 11.6 Å². The van der Waals surface area contributed by atoms with E-state index in [0.717, 1.165) is 0 Å². The molecule has 230 valence electrons. The van der Waals surface area contributed by atoms with E-state index in [0.29, 0.717) is 44.1 Å². The van der Waals surface area contributed by atoms with E-state index in [1.165, 1.54) is 24.3 Å². The maximum absolute atomic E-state index is 13.3. The molecule has 3 rings (SSSR count). The van der Waals surface area contributed by atoms with Crippen LogP contribution in [-0.4, -0.2) is 50.7 Å². The Morgan fingerprint density at radius 1 is 1.07 bits per heavy atom. The van der Waals surface area contributed by atoms with Crippen LogP contribution in [0.5, 0.6) is 5.75 Å². The molecule has 2 atom stereocenters. The third kappa shape index (κ3) is 6.38. The zero-order valence-electron chi connectivity index (χ0n) is 22.5. The van der Waals surface area contributed by atoms with Crippen molar-refractivity contribution in [3.63, 3.8) is 0 Å². The molecule has 0 saturated carbocycles. The van der Waals surface area contributed by atoms with Gasteiger partial charge in [0, 0.05) is 29.3 Å². The Morgan fingerprint density at radius 3 is 2.14 bits per heavy atom. The number of ether oxygens (including phenoxy) is 1. The highest BCUT2D eigenvalue weighted by Gasteiger charge is 2.64. The van der Waals surface area contributed by atoms with Crippen LogP contribution in [0.15, 0.2) is 59.8 Å². The van der Waals surface area contributed by atoms with Gasteiger partial charge in [0.25, 0.3) is 0 Å². The molecule has 13 nitrogen and oxygen atoms in total. The van der Waals surface area contributed by atoms with Gasteiger partial charge in [-0.3, -0.25) is 30.3 Å². The number of carbonyl (C=O) groups is 1. The van der Waals surface area contributed by atoms with E-state index >= 15 is 0 Å². The Morgan fingerprint density at radius 2 is 1.67 bits per heavy atom. The fraction of sp³-hybridized carbons (Fsp3) is 0.346. The van der Waals surface area contributed by atoms with Gasteiger partial charge in [0.15, 0.2) is 5.57 Å². The van der Waals surface area contributed by atoms with E-state index in [1.54, 1.807) is 4.90 Å². The fourth-order valence-corrected chi connectivity index (χ4v) is 5.01. The summed E-state index contributed by atoms with van der Waals surface area (Å²) in [6.07, 6.45) is -3.49. The summed E-state index contributed by atoms with van der Waals surface area (Å²) in [5, 5.41) is 46.6. The number of alkyl halides is 3. The quantitative estimate of drug-likeness (QED) is 0.174. The van der Waals surface area contributed by atoms with Crippen molar-refractivity contribution in [3.05, 3.63) is 106 Å². The monoisotopic (exact) mass is 628 g/mol. The molecule has 1 N–H and O–H groups in total. The molecule has 1 aliphatic carbocycles. The van der Waals surface area contributed by atoms with E-state index in [9.17, 15) is 53.4 Å². The lowest BCUT2D eigenvalue weighted by Crippen LogP contribution is -2.51. The van der Waals surface area contributed by atoms with Crippen LogP contribution in [0.4, 0.5) is 18.9 Å². The molecular weight excluding hydrogens is 605 g/mol. The van der Waals surface area contributed by atoms with Crippen LogP contribution in [-0.2, 0) is 11.0 Å². The normalized spacial score (nSPS) is 18.6. The highest BCUT2D eigenvalue weighted by Crippen LogP contribution is 2.47. The van der Waals surface area contributed by atoms with Crippen molar-refractivity contribution >= 4 is 28.8 Å². The molecule has 0 radical (unpaired) electrons. The lowest BCUT2D eigenvalue weighted by molar-refractivity contribution is -0.586. The molecule has 0 aliphatic heterocycles. The van der Waals surface area contributed by atoms with Gasteiger partial charge in [-0.1, -0.05) is 43.6 Å². The SMILES string of the molecule is CCCN(CCC)c1ccccc1C1=C([N+](=O)[O-])C([N+](=O)[O-])C(C(=O)O)=CC1(Oc1ccc(C(F)(F)F)cc1Cl)[N+](=O)[O-]. The maximum atomic E-state index is 13.3. The summed E-state index contributed by atoms with van der Waals surface area (Å²) >= 11 is 6.01. The number of aliphatic carboxylic acids is 1. The Bertz CT molecular complexity index is 1520. The van der Waals surface area contributed by atoms with Crippen molar-refractivity contribution in [1.82, 2.24) is 0 Å². The van der Waals surface area contributed by atoms with Gasteiger partial charge in [-0.15, -0.1) is 0 Å². The molecule has 0 saturated heterocycles. The second-order valence-electron chi connectivity index (χ2n) is 9.31. The first-order valence-electron chi connectivity index (χ1n) is 12.6. The number of nitrogens with zero attached hydrogens (tertiary/aromatic N) is 4. The minimum Gasteiger partial charge on any atom is -0.478 e. The third-order valence-electron chi connectivity index (χ3n) is 6.47. The first-order valence-corrected chi connectivity index (χ1v) is 13.0.